The third kappa shape index (κ3) is 5.49. The summed E-state index contributed by atoms with van der Waals surface area (Å²) in [5, 5.41) is 12.4. The minimum Gasteiger partial charge on any atom is -0.462 e. The van der Waals surface area contributed by atoms with Crippen molar-refractivity contribution < 1.29 is 14.6 Å². The third-order valence-corrected chi connectivity index (χ3v) is 2.76. The molecule has 0 aliphatic heterocycles. The minimum atomic E-state index is -0.651. The van der Waals surface area contributed by atoms with E-state index in [0.717, 1.165) is 0 Å². The maximum Gasteiger partial charge on any atom is 0.340 e. The van der Waals surface area contributed by atoms with Crippen LogP contribution in [0.4, 0.5) is 5.69 Å². The Morgan fingerprint density at radius 3 is 2.74 bits per heavy atom. The number of esters is 1. The Morgan fingerprint density at radius 2 is 2.11 bits per heavy atom. The van der Waals surface area contributed by atoms with Crippen LogP contribution in [0, 0.1) is 5.92 Å². The Labute approximate surface area is 118 Å². The lowest BCUT2D eigenvalue weighted by atomic mass is 10.1. The number of carbonyl (C=O) groups excluding carboxylic acids is 1. The molecule has 0 spiro atoms. The molecule has 1 aromatic rings. The van der Waals surface area contributed by atoms with Crippen LogP contribution in [-0.4, -0.2) is 36.2 Å². The van der Waals surface area contributed by atoms with Gasteiger partial charge in [-0.25, -0.2) is 4.79 Å². The van der Waals surface area contributed by atoms with Crippen LogP contribution in [0.3, 0.4) is 0 Å². The summed E-state index contributed by atoms with van der Waals surface area (Å²) in [6.45, 7) is 4.64. The SMILES string of the molecule is CC(C)COC(=O)c1ccccc1NCC(O)CCl. The quantitative estimate of drug-likeness (QED) is 0.597. The number of aliphatic hydroxyl groups excluding tert-OH is 1. The largest absolute Gasteiger partial charge is 0.462 e. The van der Waals surface area contributed by atoms with E-state index in [-0.39, 0.29) is 18.4 Å². The van der Waals surface area contributed by atoms with Gasteiger partial charge in [0.25, 0.3) is 0 Å². The lowest BCUT2D eigenvalue weighted by molar-refractivity contribution is 0.0460. The Kier molecular flexibility index (Phi) is 6.67. The molecule has 0 aliphatic carbocycles. The summed E-state index contributed by atoms with van der Waals surface area (Å²) in [5.74, 6) is 0.0757. The van der Waals surface area contributed by atoms with Crippen molar-refractivity contribution in [1.82, 2.24) is 0 Å². The second-order valence-electron chi connectivity index (χ2n) is 4.73. The summed E-state index contributed by atoms with van der Waals surface area (Å²) >= 11 is 5.52. The number of benzene rings is 1. The van der Waals surface area contributed by atoms with E-state index in [0.29, 0.717) is 23.8 Å². The first-order valence-corrected chi connectivity index (χ1v) is 6.82. The monoisotopic (exact) mass is 285 g/mol. The fourth-order valence-corrected chi connectivity index (χ4v) is 1.53. The Hall–Kier alpha value is -1.26. The molecule has 1 aromatic carbocycles. The van der Waals surface area contributed by atoms with Crippen LogP contribution in [0.1, 0.15) is 24.2 Å². The molecule has 0 amide bonds. The highest BCUT2D eigenvalue weighted by Gasteiger charge is 2.13. The highest BCUT2D eigenvalue weighted by molar-refractivity contribution is 6.18. The van der Waals surface area contributed by atoms with Crippen molar-refractivity contribution in [3.8, 4) is 0 Å². The van der Waals surface area contributed by atoms with Crippen LogP contribution >= 0.6 is 11.6 Å². The van der Waals surface area contributed by atoms with Gasteiger partial charge in [-0.1, -0.05) is 26.0 Å². The molecule has 19 heavy (non-hydrogen) atoms. The number of anilines is 1. The Balaban J connectivity index is 2.69. The number of nitrogens with one attached hydrogen (secondary N) is 1. The number of para-hydroxylation sites is 1. The van der Waals surface area contributed by atoms with Crippen LogP contribution < -0.4 is 5.32 Å². The van der Waals surface area contributed by atoms with Crippen molar-refractivity contribution in [2.75, 3.05) is 24.3 Å². The molecular weight excluding hydrogens is 266 g/mol. The fourth-order valence-electron chi connectivity index (χ4n) is 1.42. The smallest absolute Gasteiger partial charge is 0.340 e. The minimum absolute atomic E-state index is 0.146. The molecular formula is C14H20ClNO3. The molecule has 5 heteroatoms. The standard InChI is InChI=1S/C14H20ClNO3/c1-10(2)9-19-14(18)12-5-3-4-6-13(12)16-8-11(17)7-15/h3-6,10-11,16-17H,7-9H2,1-2H3. The molecule has 4 nitrogen and oxygen atoms in total. The van der Waals surface area contributed by atoms with Crippen molar-refractivity contribution >= 4 is 23.3 Å². The molecule has 1 rings (SSSR count). The number of aliphatic hydroxyl groups is 1. The summed E-state index contributed by atoms with van der Waals surface area (Å²) in [5.41, 5.74) is 1.10. The first kappa shape index (κ1) is 15.8. The zero-order valence-corrected chi connectivity index (χ0v) is 12.0. The van der Waals surface area contributed by atoms with Gasteiger partial charge in [-0.05, 0) is 18.1 Å². The second kappa shape index (κ2) is 8.02. The molecule has 0 saturated heterocycles. The number of alkyl halides is 1. The van der Waals surface area contributed by atoms with Gasteiger partial charge < -0.3 is 15.2 Å². The van der Waals surface area contributed by atoms with Gasteiger partial charge >= 0.3 is 5.97 Å². The summed E-state index contributed by atoms with van der Waals surface area (Å²) in [6.07, 6.45) is -0.651. The van der Waals surface area contributed by atoms with Gasteiger partial charge in [-0.15, -0.1) is 11.6 Å². The van der Waals surface area contributed by atoms with Crippen LogP contribution in [-0.2, 0) is 4.74 Å². The summed E-state index contributed by atoms with van der Waals surface area (Å²) < 4.78 is 5.20. The van der Waals surface area contributed by atoms with E-state index in [9.17, 15) is 9.90 Å². The average Bonchev–Trinajstić information content (AvgIpc) is 2.42. The summed E-state index contributed by atoms with van der Waals surface area (Å²) in [4.78, 5) is 11.9. The first-order chi connectivity index (χ1) is 9.04. The van der Waals surface area contributed by atoms with Crippen LogP contribution in [0.25, 0.3) is 0 Å². The zero-order valence-electron chi connectivity index (χ0n) is 11.2. The van der Waals surface area contributed by atoms with Crippen molar-refractivity contribution in [3.05, 3.63) is 29.8 Å². The van der Waals surface area contributed by atoms with Crippen LogP contribution in [0.2, 0.25) is 0 Å². The maximum absolute atomic E-state index is 11.9. The molecule has 0 aliphatic rings. The van der Waals surface area contributed by atoms with Crippen molar-refractivity contribution in [2.24, 2.45) is 5.92 Å². The number of hydrogen-bond donors (Lipinski definition) is 2. The second-order valence-corrected chi connectivity index (χ2v) is 5.04. The molecule has 1 unspecified atom stereocenters. The van der Waals surface area contributed by atoms with Crippen molar-refractivity contribution in [1.29, 1.82) is 0 Å². The number of rotatable bonds is 7. The molecule has 0 saturated carbocycles. The fraction of sp³-hybridized carbons (Fsp3) is 0.500. The van der Waals surface area contributed by atoms with E-state index in [1.54, 1.807) is 18.2 Å². The van der Waals surface area contributed by atoms with Gasteiger partial charge in [0.05, 0.1) is 24.2 Å². The van der Waals surface area contributed by atoms with Crippen molar-refractivity contribution in [3.63, 3.8) is 0 Å². The van der Waals surface area contributed by atoms with Gasteiger partial charge in [0.15, 0.2) is 0 Å². The van der Waals surface area contributed by atoms with Gasteiger partial charge in [-0.3, -0.25) is 0 Å². The van der Waals surface area contributed by atoms with Gasteiger partial charge in [0.1, 0.15) is 0 Å². The van der Waals surface area contributed by atoms with E-state index in [1.165, 1.54) is 0 Å². The summed E-state index contributed by atoms with van der Waals surface area (Å²) in [6, 6.07) is 7.05. The molecule has 0 radical (unpaired) electrons. The van der Waals surface area contributed by atoms with E-state index in [4.69, 9.17) is 16.3 Å². The molecule has 0 bridgehead atoms. The van der Waals surface area contributed by atoms with E-state index >= 15 is 0 Å². The molecule has 2 N–H and O–H groups in total. The Bertz CT molecular complexity index is 409. The lowest BCUT2D eigenvalue weighted by Crippen LogP contribution is -2.22. The van der Waals surface area contributed by atoms with Crippen molar-refractivity contribution in [2.45, 2.75) is 20.0 Å². The molecule has 0 heterocycles. The third-order valence-electron chi connectivity index (χ3n) is 2.40. The summed E-state index contributed by atoms with van der Waals surface area (Å²) in [7, 11) is 0. The van der Waals surface area contributed by atoms with Crippen LogP contribution in [0.15, 0.2) is 24.3 Å². The number of carbonyl (C=O) groups is 1. The predicted octanol–water partition coefficient (Wildman–Crippen LogP) is 2.51. The highest BCUT2D eigenvalue weighted by atomic mass is 35.5. The number of hydrogen-bond acceptors (Lipinski definition) is 4. The molecule has 106 valence electrons. The topological polar surface area (TPSA) is 58.6 Å². The maximum atomic E-state index is 11.9. The van der Waals surface area contributed by atoms with Crippen LogP contribution in [0.5, 0.6) is 0 Å². The Morgan fingerprint density at radius 1 is 1.42 bits per heavy atom. The normalized spacial score (nSPS) is 12.3. The van der Waals surface area contributed by atoms with Gasteiger partial charge in [-0.2, -0.15) is 0 Å². The van der Waals surface area contributed by atoms with E-state index in [1.807, 2.05) is 19.9 Å². The zero-order chi connectivity index (χ0) is 14.3. The lowest BCUT2D eigenvalue weighted by Gasteiger charge is -2.14. The van der Waals surface area contributed by atoms with Gasteiger partial charge in [0.2, 0.25) is 0 Å². The number of halogens is 1. The predicted molar refractivity (Wildman–Crippen MR) is 76.8 cm³/mol. The molecule has 1 atom stereocenters. The average molecular weight is 286 g/mol. The highest BCUT2D eigenvalue weighted by Crippen LogP contribution is 2.16. The molecule has 0 aromatic heterocycles. The molecule has 0 fully saturated rings. The van der Waals surface area contributed by atoms with E-state index < -0.39 is 6.10 Å². The van der Waals surface area contributed by atoms with Gasteiger partial charge in [0, 0.05) is 12.2 Å². The first-order valence-electron chi connectivity index (χ1n) is 6.28. The number of ether oxygens (including phenoxy) is 1. The van der Waals surface area contributed by atoms with E-state index in [2.05, 4.69) is 5.32 Å².